The molecule has 13 nitrogen and oxygen atoms in total. The molecule has 4 aromatic rings. The third-order valence-electron chi connectivity index (χ3n) is 7.02. The third kappa shape index (κ3) is 4.75. The van der Waals surface area contributed by atoms with Gasteiger partial charge >= 0.3 is 5.97 Å². The van der Waals surface area contributed by atoms with E-state index >= 15 is 4.39 Å². The first-order chi connectivity index (χ1) is 19.7. The molecule has 6 rings (SSSR count). The molecule has 0 unspecified atom stereocenters. The smallest absolute Gasteiger partial charge is 0.329 e. The van der Waals surface area contributed by atoms with Gasteiger partial charge in [0, 0.05) is 18.4 Å². The molecule has 0 spiro atoms. The number of halogens is 2. The molecule has 2 aliphatic heterocycles. The Bertz CT molecular complexity index is 1790. The number of nitrogens with zero attached hydrogens (tertiary/aromatic N) is 7. The van der Waals surface area contributed by atoms with E-state index in [1.54, 1.807) is 13.0 Å². The van der Waals surface area contributed by atoms with Crippen molar-refractivity contribution in [2.45, 2.75) is 38.1 Å². The SMILES string of the molecule is C[C@H]1C[C@@H](C(=O)OCC(=O)c2cc3c(cn2)NC(=O)CC3)n2c1nc(-c1c(-n3cnnn3)ccc(Cl)c1F)cc2=O. The Morgan fingerprint density at radius 1 is 1.22 bits per heavy atom. The summed E-state index contributed by atoms with van der Waals surface area (Å²) in [5.41, 5.74) is 0.929. The molecule has 1 N–H and O–H groups in total. The number of ketones is 1. The lowest BCUT2D eigenvalue weighted by atomic mass is 10.0. The molecule has 3 aromatic heterocycles. The highest BCUT2D eigenvalue weighted by molar-refractivity contribution is 6.31. The summed E-state index contributed by atoms with van der Waals surface area (Å²) in [6, 6.07) is 4.47. The molecule has 5 heterocycles. The Morgan fingerprint density at radius 2 is 2.05 bits per heavy atom. The topological polar surface area (TPSA) is 164 Å². The van der Waals surface area contributed by atoms with E-state index in [4.69, 9.17) is 16.3 Å². The van der Waals surface area contributed by atoms with Gasteiger partial charge in [0.05, 0.1) is 33.9 Å². The number of aromatic nitrogens is 7. The molecule has 15 heteroatoms. The van der Waals surface area contributed by atoms with Crippen molar-refractivity contribution in [2.24, 2.45) is 0 Å². The molecule has 0 aliphatic carbocycles. The van der Waals surface area contributed by atoms with Gasteiger partial charge in [-0.1, -0.05) is 18.5 Å². The van der Waals surface area contributed by atoms with Crippen LogP contribution in [0.4, 0.5) is 10.1 Å². The largest absolute Gasteiger partial charge is 0.456 e. The molecule has 1 amide bonds. The number of fused-ring (bicyclic) bond motifs is 2. The summed E-state index contributed by atoms with van der Waals surface area (Å²) < 4.78 is 23.0. The lowest BCUT2D eigenvalue weighted by Gasteiger charge is -2.17. The molecular formula is C26H20ClFN8O5. The van der Waals surface area contributed by atoms with E-state index in [0.29, 0.717) is 18.5 Å². The van der Waals surface area contributed by atoms with Gasteiger partial charge in [0.25, 0.3) is 5.56 Å². The number of amides is 1. The molecule has 208 valence electrons. The Kier molecular flexibility index (Phi) is 6.61. The van der Waals surface area contributed by atoms with E-state index in [1.165, 1.54) is 33.9 Å². The number of tetrazole rings is 1. The van der Waals surface area contributed by atoms with Gasteiger partial charge in [-0.05, 0) is 47.0 Å². The van der Waals surface area contributed by atoms with Gasteiger partial charge in [-0.25, -0.2) is 14.2 Å². The number of benzene rings is 1. The Morgan fingerprint density at radius 3 is 2.83 bits per heavy atom. The Balaban J connectivity index is 1.25. The highest BCUT2D eigenvalue weighted by Crippen LogP contribution is 2.37. The number of pyridine rings is 1. The van der Waals surface area contributed by atoms with E-state index < -0.39 is 35.8 Å². The van der Waals surface area contributed by atoms with E-state index in [2.05, 4.69) is 30.8 Å². The fraction of sp³-hybridized carbons (Fsp3) is 0.269. The van der Waals surface area contributed by atoms with E-state index in [1.807, 2.05) is 0 Å². The van der Waals surface area contributed by atoms with Crippen LogP contribution in [0.3, 0.4) is 0 Å². The maximum atomic E-state index is 15.3. The minimum absolute atomic E-state index is 0.00234. The number of anilines is 1. The predicted octanol–water partition coefficient (Wildman–Crippen LogP) is 2.43. The van der Waals surface area contributed by atoms with Crippen molar-refractivity contribution in [1.82, 2.24) is 34.7 Å². The average Bonchev–Trinajstić information content (AvgIpc) is 3.61. The van der Waals surface area contributed by atoms with Gasteiger partial charge in [-0.15, -0.1) is 5.10 Å². The molecule has 2 atom stereocenters. The van der Waals surface area contributed by atoms with Gasteiger partial charge in [-0.2, -0.15) is 4.68 Å². The molecular weight excluding hydrogens is 559 g/mol. The molecule has 2 aliphatic rings. The van der Waals surface area contributed by atoms with Crippen LogP contribution in [0.1, 0.15) is 53.6 Å². The van der Waals surface area contributed by atoms with Crippen LogP contribution in [0.15, 0.2) is 41.6 Å². The zero-order valence-corrected chi connectivity index (χ0v) is 22.1. The number of hydrogen-bond donors (Lipinski definition) is 1. The van der Waals surface area contributed by atoms with Crippen molar-refractivity contribution in [3.8, 4) is 16.9 Å². The Labute approximate surface area is 235 Å². The fourth-order valence-corrected chi connectivity index (χ4v) is 5.19. The molecule has 0 radical (unpaired) electrons. The number of nitrogens with one attached hydrogen (secondary N) is 1. The van der Waals surface area contributed by atoms with Crippen LogP contribution in [-0.4, -0.2) is 59.0 Å². The van der Waals surface area contributed by atoms with Crippen molar-refractivity contribution >= 4 is 34.9 Å². The second-order valence-electron chi connectivity index (χ2n) is 9.68. The summed E-state index contributed by atoms with van der Waals surface area (Å²) in [6.07, 6.45) is 3.61. The number of ether oxygens (including phenoxy) is 1. The quantitative estimate of drug-likeness (QED) is 0.265. The monoisotopic (exact) mass is 578 g/mol. The normalized spacial score (nSPS) is 17.5. The van der Waals surface area contributed by atoms with Gasteiger partial charge < -0.3 is 10.1 Å². The van der Waals surface area contributed by atoms with E-state index in [-0.39, 0.29) is 51.7 Å². The van der Waals surface area contributed by atoms with Crippen LogP contribution in [-0.2, 0) is 20.7 Å². The number of aryl methyl sites for hydroxylation is 1. The minimum Gasteiger partial charge on any atom is -0.456 e. The van der Waals surface area contributed by atoms with E-state index in [9.17, 15) is 19.2 Å². The van der Waals surface area contributed by atoms with Crippen molar-refractivity contribution in [3.63, 3.8) is 0 Å². The zero-order chi connectivity index (χ0) is 28.8. The van der Waals surface area contributed by atoms with Gasteiger partial charge in [0.2, 0.25) is 11.7 Å². The van der Waals surface area contributed by atoms with Crippen molar-refractivity contribution in [1.29, 1.82) is 0 Å². The van der Waals surface area contributed by atoms with Crippen LogP contribution < -0.4 is 10.9 Å². The fourth-order valence-electron chi connectivity index (χ4n) is 5.03. The summed E-state index contributed by atoms with van der Waals surface area (Å²) in [5, 5.41) is 13.4. The lowest BCUT2D eigenvalue weighted by Crippen LogP contribution is -2.30. The maximum absolute atomic E-state index is 15.3. The zero-order valence-electron chi connectivity index (χ0n) is 21.4. The number of rotatable bonds is 6. The molecule has 41 heavy (non-hydrogen) atoms. The highest BCUT2D eigenvalue weighted by atomic mass is 35.5. The van der Waals surface area contributed by atoms with Crippen molar-refractivity contribution in [2.75, 3.05) is 11.9 Å². The molecule has 0 saturated heterocycles. The third-order valence-corrected chi connectivity index (χ3v) is 7.31. The maximum Gasteiger partial charge on any atom is 0.329 e. The van der Waals surface area contributed by atoms with Crippen LogP contribution in [0.2, 0.25) is 5.02 Å². The first kappa shape index (κ1) is 26.4. The number of hydrogen-bond acceptors (Lipinski definition) is 10. The second-order valence-corrected chi connectivity index (χ2v) is 10.1. The number of Topliss-reactive ketones (excluding diaryl/α,β-unsaturated/α-hetero) is 1. The van der Waals surface area contributed by atoms with Crippen LogP contribution in [0.5, 0.6) is 0 Å². The van der Waals surface area contributed by atoms with Gasteiger partial charge in [0.1, 0.15) is 23.9 Å². The summed E-state index contributed by atoms with van der Waals surface area (Å²) in [6.45, 7) is 1.19. The van der Waals surface area contributed by atoms with Gasteiger partial charge in [-0.3, -0.25) is 23.9 Å². The average molecular weight is 579 g/mol. The predicted molar refractivity (Wildman–Crippen MR) is 140 cm³/mol. The van der Waals surface area contributed by atoms with Crippen LogP contribution in [0.25, 0.3) is 16.9 Å². The Hall–Kier alpha value is -4.85. The number of carbonyl (C=O) groups excluding carboxylic acids is 3. The van der Waals surface area contributed by atoms with Crippen LogP contribution >= 0.6 is 11.6 Å². The lowest BCUT2D eigenvalue weighted by molar-refractivity contribution is -0.146. The number of carbonyl (C=O) groups is 3. The highest BCUT2D eigenvalue weighted by Gasteiger charge is 2.37. The van der Waals surface area contributed by atoms with E-state index in [0.717, 1.165) is 11.6 Å². The van der Waals surface area contributed by atoms with Gasteiger partial charge in [0.15, 0.2) is 12.4 Å². The molecule has 0 saturated carbocycles. The van der Waals surface area contributed by atoms with Crippen molar-refractivity contribution in [3.05, 3.63) is 75.1 Å². The number of esters is 1. The summed E-state index contributed by atoms with van der Waals surface area (Å²) in [7, 11) is 0. The molecule has 0 bridgehead atoms. The van der Waals surface area contributed by atoms with Crippen molar-refractivity contribution < 1.29 is 23.5 Å². The minimum atomic E-state index is -1.03. The first-order valence-electron chi connectivity index (χ1n) is 12.5. The first-order valence-corrected chi connectivity index (χ1v) is 12.9. The molecule has 1 aromatic carbocycles. The summed E-state index contributed by atoms with van der Waals surface area (Å²) >= 11 is 6.04. The summed E-state index contributed by atoms with van der Waals surface area (Å²) in [4.78, 5) is 59.2. The second kappa shape index (κ2) is 10.3. The standard InChI is InChI=1S/C26H20ClFN8O5/c1-12-6-19(26(40)41-10-20(37)15-7-13-2-5-21(38)31-17(13)9-29-15)36-22(39)8-16(32-25(12)36)23-18(35-11-30-33-34-35)4-3-14(27)24(23)28/h3-4,7-9,11-12,19H,2,5-6,10H2,1H3,(H,31,38)/t12-,19-/m0/s1. The summed E-state index contributed by atoms with van der Waals surface area (Å²) in [5.74, 6) is -2.37. The van der Waals surface area contributed by atoms with Crippen LogP contribution in [0, 0.1) is 5.82 Å². The molecule has 0 fully saturated rings.